The molecule has 0 saturated carbocycles. The van der Waals surface area contributed by atoms with Gasteiger partial charge in [-0.25, -0.2) is 4.79 Å². The van der Waals surface area contributed by atoms with Gasteiger partial charge < -0.3 is 15.1 Å². The van der Waals surface area contributed by atoms with Crippen molar-refractivity contribution in [3.8, 4) is 0 Å². The fourth-order valence-corrected chi connectivity index (χ4v) is 1.71. The lowest BCUT2D eigenvalue weighted by Gasteiger charge is -2.23. The molecule has 6 heteroatoms. The normalized spacial score (nSPS) is 11.9. The summed E-state index contributed by atoms with van der Waals surface area (Å²) in [6, 6.07) is 5.98. The Hall–Kier alpha value is -1.40. The first-order chi connectivity index (χ1) is 8.45. The van der Waals surface area contributed by atoms with Crippen molar-refractivity contribution in [2.24, 2.45) is 0 Å². The molecule has 5 nitrogen and oxygen atoms in total. The van der Waals surface area contributed by atoms with Gasteiger partial charge in [-0.05, 0) is 17.7 Å². The summed E-state index contributed by atoms with van der Waals surface area (Å²) in [4.78, 5) is 23.7. The van der Waals surface area contributed by atoms with Crippen molar-refractivity contribution >= 4 is 27.8 Å². The molecular weight excluding hydrogens is 302 g/mol. The summed E-state index contributed by atoms with van der Waals surface area (Å²) in [7, 11) is 1.37. The lowest BCUT2D eigenvalue weighted by molar-refractivity contribution is -0.150. The summed E-state index contributed by atoms with van der Waals surface area (Å²) in [6.07, 6.45) is 0.105. The highest BCUT2D eigenvalue weighted by molar-refractivity contribution is 9.10. The summed E-state index contributed by atoms with van der Waals surface area (Å²) in [5, 5.41) is 17.8. The Bertz CT molecular complexity index is 432. The van der Waals surface area contributed by atoms with Crippen LogP contribution < -0.4 is 0 Å². The molecule has 2 N–H and O–H groups in total. The Kier molecular flexibility index (Phi) is 5.30. The number of nitrogens with zero attached hydrogens (tertiary/aromatic N) is 1. The maximum Gasteiger partial charge on any atom is 0.328 e. The summed E-state index contributed by atoms with van der Waals surface area (Å²) in [6.45, 7) is -0.599. The van der Waals surface area contributed by atoms with Crippen molar-refractivity contribution in [1.29, 1.82) is 0 Å². The lowest BCUT2D eigenvalue weighted by atomic mass is 10.1. The van der Waals surface area contributed by atoms with Gasteiger partial charge in [0.1, 0.15) is 0 Å². The van der Waals surface area contributed by atoms with E-state index < -0.39 is 18.6 Å². The van der Waals surface area contributed by atoms with Crippen LogP contribution >= 0.6 is 15.9 Å². The zero-order chi connectivity index (χ0) is 13.7. The molecule has 0 radical (unpaired) electrons. The quantitative estimate of drug-likeness (QED) is 0.846. The standard InChI is InChI=1S/C12H14BrNO4/c1-14(10(7-15)12(17)18)11(16)6-8-2-4-9(13)5-3-8/h2-5,10,15H,6-7H2,1H3,(H,17,18). The fraction of sp³-hybridized carbons (Fsp3) is 0.333. The van der Waals surface area contributed by atoms with Crippen LogP contribution in [0.3, 0.4) is 0 Å². The Balaban J connectivity index is 2.70. The number of benzene rings is 1. The minimum Gasteiger partial charge on any atom is -0.480 e. The van der Waals surface area contributed by atoms with E-state index in [0.717, 1.165) is 14.9 Å². The zero-order valence-corrected chi connectivity index (χ0v) is 11.4. The highest BCUT2D eigenvalue weighted by Crippen LogP contribution is 2.12. The first-order valence-corrected chi connectivity index (χ1v) is 6.08. The zero-order valence-electron chi connectivity index (χ0n) is 9.84. The number of rotatable bonds is 5. The van der Waals surface area contributed by atoms with E-state index in [1.807, 2.05) is 12.1 Å². The second kappa shape index (κ2) is 6.51. The molecule has 1 rings (SSSR count). The van der Waals surface area contributed by atoms with Gasteiger partial charge in [-0.2, -0.15) is 0 Å². The topological polar surface area (TPSA) is 77.8 Å². The van der Waals surface area contributed by atoms with Gasteiger partial charge in [0.05, 0.1) is 13.0 Å². The predicted octanol–water partition coefficient (Wildman–Crippen LogP) is 0.895. The molecule has 18 heavy (non-hydrogen) atoms. The maximum absolute atomic E-state index is 11.8. The predicted molar refractivity (Wildman–Crippen MR) is 69.1 cm³/mol. The van der Waals surface area contributed by atoms with Crippen molar-refractivity contribution < 1.29 is 19.8 Å². The molecule has 0 saturated heterocycles. The number of aliphatic hydroxyl groups is 1. The van der Waals surface area contributed by atoms with E-state index >= 15 is 0 Å². The van der Waals surface area contributed by atoms with Gasteiger partial charge in [-0.1, -0.05) is 28.1 Å². The number of carbonyl (C=O) groups excluding carboxylic acids is 1. The molecule has 0 aliphatic heterocycles. The van der Waals surface area contributed by atoms with Crippen LogP contribution in [-0.4, -0.2) is 46.7 Å². The van der Waals surface area contributed by atoms with Crippen LogP contribution in [-0.2, 0) is 16.0 Å². The van der Waals surface area contributed by atoms with E-state index in [-0.39, 0.29) is 12.3 Å². The molecule has 1 unspecified atom stereocenters. The number of aliphatic hydroxyl groups excluding tert-OH is 1. The molecule has 1 aromatic rings. The van der Waals surface area contributed by atoms with Gasteiger partial charge >= 0.3 is 5.97 Å². The lowest BCUT2D eigenvalue weighted by Crippen LogP contribution is -2.45. The van der Waals surface area contributed by atoms with Crippen LogP contribution in [0.4, 0.5) is 0 Å². The third-order valence-corrected chi connectivity index (χ3v) is 3.12. The molecule has 0 bridgehead atoms. The summed E-state index contributed by atoms with van der Waals surface area (Å²) in [5.41, 5.74) is 0.789. The van der Waals surface area contributed by atoms with Gasteiger partial charge in [0.2, 0.25) is 5.91 Å². The second-order valence-electron chi connectivity index (χ2n) is 3.84. The third-order valence-electron chi connectivity index (χ3n) is 2.59. The number of likely N-dealkylation sites (N-methyl/N-ethyl adjacent to an activating group) is 1. The van der Waals surface area contributed by atoms with Crippen LogP contribution in [0.5, 0.6) is 0 Å². The van der Waals surface area contributed by atoms with Crippen LogP contribution in [0.15, 0.2) is 28.7 Å². The molecule has 0 aliphatic rings. The molecule has 0 aromatic heterocycles. The summed E-state index contributed by atoms with van der Waals surface area (Å²) in [5.74, 6) is -1.57. The number of hydrogen-bond donors (Lipinski definition) is 2. The van der Waals surface area contributed by atoms with Gasteiger partial charge in [-0.3, -0.25) is 4.79 Å². The number of halogens is 1. The smallest absolute Gasteiger partial charge is 0.328 e. The van der Waals surface area contributed by atoms with Gasteiger partial charge in [0.25, 0.3) is 0 Å². The van der Waals surface area contributed by atoms with Crippen molar-refractivity contribution in [1.82, 2.24) is 4.90 Å². The Morgan fingerprint density at radius 3 is 2.33 bits per heavy atom. The molecular formula is C12H14BrNO4. The van der Waals surface area contributed by atoms with Crippen molar-refractivity contribution in [3.05, 3.63) is 34.3 Å². The molecule has 1 atom stereocenters. The van der Waals surface area contributed by atoms with Gasteiger partial charge in [0.15, 0.2) is 6.04 Å². The SMILES string of the molecule is CN(C(=O)Cc1ccc(Br)cc1)C(CO)C(=O)O. The Morgan fingerprint density at radius 1 is 1.33 bits per heavy atom. The van der Waals surface area contributed by atoms with E-state index in [2.05, 4.69) is 15.9 Å². The summed E-state index contributed by atoms with van der Waals surface area (Å²) < 4.78 is 0.908. The van der Waals surface area contributed by atoms with E-state index in [1.54, 1.807) is 12.1 Å². The fourth-order valence-electron chi connectivity index (χ4n) is 1.44. The van der Waals surface area contributed by atoms with Crippen molar-refractivity contribution in [3.63, 3.8) is 0 Å². The number of carboxylic acids is 1. The summed E-state index contributed by atoms with van der Waals surface area (Å²) >= 11 is 3.29. The van der Waals surface area contributed by atoms with Crippen LogP contribution in [0.1, 0.15) is 5.56 Å². The van der Waals surface area contributed by atoms with Crippen LogP contribution in [0.2, 0.25) is 0 Å². The van der Waals surface area contributed by atoms with E-state index in [4.69, 9.17) is 10.2 Å². The van der Waals surface area contributed by atoms with Gasteiger partial charge in [-0.15, -0.1) is 0 Å². The minimum absolute atomic E-state index is 0.105. The molecule has 0 fully saturated rings. The Labute approximate surface area is 113 Å². The maximum atomic E-state index is 11.8. The number of aliphatic carboxylic acids is 1. The molecule has 0 heterocycles. The van der Waals surface area contributed by atoms with E-state index in [0.29, 0.717) is 0 Å². The van der Waals surface area contributed by atoms with Crippen LogP contribution in [0, 0.1) is 0 Å². The highest BCUT2D eigenvalue weighted by atomic mass is 79.9. The van der Waals surface area contributed by atoms with Crippen molar-refractivity contribution in [2.75, 3.05) is 13.7 Å². The monoisotopic (exact) mass is 315 g/mol. The first-order valence-electron chi connectivity index (χ1n) is 5.29. The van der Waals surface area contributed by atoms with E-state index in [1.165, 1.54) is 7.05 Å². The average molecular weight is 316 g/mol. The van der Waals surface area contributed by atoms with Gasteiger partial charge in [0, 0.05) is 11.5 Å². The Morgan fingerprint density at radius 2 is 1.89 bits per heavy atom. The third kappa shape index (κ3) is 3.82. The first kappa shape index (κ1) is 14.7. The number of carbonyl (C=O) groups is 2. The second-order valence-corrected chi connectivity index (χ2v) is 4.76. The highest BCUT2D eigenvalue weighted by Gasteiger charge is 2.25. The average Bonchev–Trinajstić information content (AvgIpc) is 2.32. The molecule has 0 aliphatic carbocycles. The largest absolute Gasteiger partial charge is 0.480 e. The van der Waals surface area contributed by atoms with E-state index in [9.17, 15) is 9.59 Å². The molecule has 1 aromatic carbocycles. The van der Waals surface area contributed by atoms with Crippen LogP contribution in [0.25, 0.3) is 0 Å². The van der Waals surface area contributed by atoms with Crippen molar-refractivity contribution in [2.45, 2.75) is 12.5 Å². The molecule has 98 valence electrons. The number of amides is 1. The number of carboxylic acid groups (broad SMARTS) is 1. The minimum atomic E-state index is -1.22. The molecule has 0 spiro atoms. The number of hydrogen-bond acceptors (Lipinski definition) is 3. The molecule has 1 amide bonds.